The van der Waals surface area contributed by atoms with Crippen molar-refractivity contribution >= 4 is 5.91 Å². The summed E-state index contributed by atoms with van der Waals surface area (Å²) in [7, 11) is 0. The summed E-state index contributed by atoms with van der Waals surface area (Å²) in [6, 6.07) is 13.9. The molecule has 2 aliphatic heterocycles. The molecule has 0 aliphatic carbocycles. The molecule has 1 atom stereocenters. The molecule has 0 bridgehead atoms. The van der Waals surface area contributed by atoms with Gasteiger partial charge in [0.2, 0.25) is 17.7 Å². The van der Waals surface area contributed by atoms with Crippen molar-refractivity contribution in [2.45, 2.75) is 31.6 Å². The number of nitrogens with zero attached hydrogens (tertiary/aromatic N) is 4. The van der Waals surface area contributed by atoms with Crippen LogP contribution in [0.3, 0.4) is 0 Å². The quantitative estimate of drug-likeness (QED) is 0.631. The number of ether oxygens (including phenoxy) is 1. The van der Waals surface area contributed by atoms with Crippen molar-refractivity contribution in [3.63, 3.8) is 0 Å². The van der Waals surface area contributed by atoms with Gasteiger partial charge in [-0.25, -0.2) is 0 Å². The minimum Gasteiger partial charge on any atom is -0.420 e. The third-order valence-corrected chi connectivity index (χ3v) is 6.63. The first-order valence-corrected chi connectivity index (χ1v) is 10.9. The van der Waals surface area contributed by atoms with Gasteiger partial charge >= 0.3 is 0 Å². The average molecular weight is 418 g/mol. The highest BCUT2D eigenvalue weighted by Gasteiger charge is 2.51. The van der Waals surface area contributed by atoms with Crippen LogP contribution in [0, 0.1) is 5.41 Å². The van der Waals surface area contributed by atoms with E-state index in [1.54, 1.807) is 12.4 Å². The summed E-state index contributed by atoms with van der Waals surface area (Å²) in [6.45, 7) is 2.75. The number of amides is 1. The summed E-state index contributed by atoms with van der Waals surface area (Å²) in [5, 5.41) is 8.67. The highest BCUT2D eigenvalue weighted by molar-refractivity contribution is 5.77. The van der Waals surface area contributed by atoms with Gasteiger partial charge in [-0.1, -0.05) is 30.3 Å². The standard InChI is InChI=1S/C24H26N4O3/c29-21(7-6-18-4-2-1-3-5-18)28-16-20(24(17-28)10-14-30-15-11-24)23-27-26-22(31-23)19-8-12-25-13-9-19/h1-5,8-9,12-13,20H,6-7,10-11,14-17H2. The van der Waals surface area contributed by atoms with E-state index in [2.05, 4.69) is 27.3 Å². The van der Waals surface area contributed by atoms with Crippen LogP contribution < -0.4 is 0 Å². The van der Waals surface area contributed by atoms with Crippen molar-refractivity contribution < 1.29 is 13.9 Å². The Bertz CT molecular complexity index is 1020. The van der Waals surface area contributed by atoms with E-state index in [1.165, 1.54) is 5.56 Å². The third-order valence-electron chi connectivity index (χ3n) is 6.63. The smallest absolute Gasteiger partial charge is 0.247 e. The van der Waals surface area contributed by atoms with E-state index in [0.717, 1.165) is 31.4 Å². The number of likely N-dealkylation sites (tertiary alicyclic amines) is 1. The van der Waals surface area contributed by atoms with Gasteiger partial charge in [-0.15, -0.1) is 10.2 Å². The molecule has 5 rings (SSSR count). The van der Waals surface area contributed by atoms with Crippen molar-refractivity contribution in [3.8, 4) is 11.5 Å². The van der Waals surface area contributed by atoms with Gasteiger partial charge in [-0.3, -0.25) is 9.78 Å². The maximum atomic E-state index is 13.1. The first kappa shape index (κ1) is 19.9. The summed E-state index contributed by atoms with van der Waals surface area (Å²) >= 11 is 0. The Labute approximate surface area is 181 Å². The molecule has 7 heteroatoms. The fourth-order valence-electron chi connectivity index (χ4n) is 4.82. The molecule has 4 heterocycles. The zero-order valence-electron chi connectivity index (χ0n) is 17.4. The number of carbonyl (C=O) groups excluding carboxylic acids is 1. The molecule has 1 unspecified atom stereocenters. The van der Waals surface area contributed by atoms with Crippen molar-refractivity contribution in [2.24, 2.45) is 5.41 Å². The number of pyridine rings is 1. The van der Waals surface area contributed by atoms with Crippen LogP contribution in [0.1, 0.15) is 36.6 Å². The van der Waals surface area contributed by atoms with Crippen LogP contribution in [-0.2, 0) is 16.0 Å². The van der Waals surface area contributed by atoms with Crippen LogP contribution in [0.15, 0.2) is 59.3 Å². The number of hydrogen-bond acceptors (Lipinski definition) is 6. The SMILES string of the molecule is O=C(CCc1ccccc1)N1CC(c2nnc(-c3ccncc3)o2)C2(CCOCC2)C1. The van der Waals surface area contributed by atoms with E-state index < -0.39 is 0 Å². The predicted molar refractivity (Wildman–Crippen MR) is 114 cm³/mol. The fraction of sp³-hybridized carbons (Fsp3) is 0.417. The zero-order chi connectivity index (χ0) is 21.1. The topological polar surface area (TPSA) is 81.4 Å². The van der Waals surface area contributed by atoms with Gasteiger partial charge in [0.25, 0.3) is 0 Å². The van der Waals surface area contributed by atoms with Crippen LogP contribution in [-0.4, -0.2) is 52.3 Å². The first-order chi connectivity index (χ1) is 15.2. The minimum absolute atomic E-state index is 0.0279. The summed E-state index contributed by atoms with van der Waals surface area (Å²) in [5.41, 5.74) is 1.97. The molecule has 1 aromatic carbocycles. The largest absolute Gasteiger partial charge is 0.420 e. The molecule has 1 spiro atoms. The summed E-state index contributed by atoms with van der Waals surface area (Å²) < 4.78 is 11.7. The number of aryl methyl sites for hydroxylation is 1. The highest BCUT2D eigenvalue weighted by atomic mass is 16.5. The number of carbonyl (C=O) groups is 1. The molecule has 31 heavy (non-hydrogen) atoms. The lowest BCUT2D eigenvalue weighted by Gasteiger charge is -2.36. The van der Waals surface area contributed by atoms with Crippen LogP contribution in [0.5, 0.6) is 0 Å². The molecule has 0 radical (unpaired) electrons. The Morgan fingerprint density at radius 3 is 2.61 bits per heavy atom. The van der Waals surface area contributed by atoms with Crippen molar-refractivity contribution in [3.05, 3.63) is 66.3 Å². The molecule has 7 nitrogen and oxygen atoms in total. The summed E-state index contributed by atoms with van der Waals surface area (Å²) in [4.78, 5) is 19.1. The minimum atomic E-state index is -0.0668. The Kier molecular flexibility index (Phi) is 5.51. The number of rotatable bonds is 5. The summed E-state index contributed by atoms with van der Waals surface area (Å²) in [5.74, 6) is 1.33. The second-order valence-electron chi connectivity index (χ2n) is 8.47. The predicted octanol–water partition coefficient (Wildman–Crippen LogP) is 3.49. The lowest BCUT2D eigenvalue weighted by molar-refractivity contribution is -0.130. The Balaban J connectivity index is 1.35. The molecule has 2 saturated heterocycles. The van der Waals surface area contributed by atoms with E-state index >= 15 is 0 Å². The van der Waals surface area contributed by atoms with E-state index in [9.17, 15) is 4.79 Å². The summed E-state index contributed by atoms with van der Waals surface area (Å²) in [6.07, 6.45) is 6.48. The van der Waals surface area contributed by atoms with E-state index in [4.69, 9.17) is 9.15 Å². The fourth-order valence-corrected chi connectivity index (χ4v) is 4.82. The van der Waals surface area contributed by atoms with Crippen molar-refractivity contribution in [1.29, 1.82) is 0 Å². The van der Waals surface area contributed by atoms with E-state index in [0.29, 0.717) is 38.0 Å². The van der Waals surface area contributed by atoms with E-state index in [-0.39, 0.29) is 17.2 Å². The molecular formula is C24H26N4O3. The van der Waals surface area contributed by atoms with Gasteiger partial charge in [-0.2, -0.15) is 0 Å². The molecule has 0 saturated carbocycles. The van der Waals surface area contributed by atoms with Crippen LogP contribution in [0.25, 0.3) is 11.5 Å². The highest BCUT2D eigenvalue weighted by Crippen LogP contribution is 2.49. The van der Waals surface area contributed by atoms with Gasteiger partial charge in [0.05, 0.1) is 5.92 Å². The van der Waals surface area contributed by atoms with Gasteiger partial charge in [0.15, 0.2) is 0 Å². The maximum absolute atomic E-state index is 13.1. The van der Waals surface area contributed by atoms with Gasteiger partial charge in [-0.05, 0) is 37.0 Å². The first-order valence-electron chi connectivity index (χ1n) is 10.9. The van der Waals surface area contributed by atoms with Gasteiger partial charge in [0, 0.05) is 56.1 Å². The number of benzene rings is 1. The van der Waals surface area contributed by atoms with Crippen LogP contribution in [0.4, 0.5) is 0 Å². The number of hydrogen-bond donors (Lipinski definition) is 0. The third kappa shape index (κ3) is 4.10. The van der Waals surface area contributed by atoms with Crippen molar-refractivity contribution in [2.75, 3.05) is 26.3 Å². The van der Waals surface area contributed by atoms with Crippen LogP contribution in [0.2, 0.25) is 0 Å². The second kappa shape index (κ2) is 8.59. The monoisotopic (exact) mass is 418 g/mol. The Morgan fingerprint density at radius 2 is 1.84 bits per heavy atom. The molecule has 160 valence electrons. The van der Waals surface area contributed by atoms with E-state index in [1.807, 2.05) is 35.2 Å². The molecule has 2 aromatic heterocycles. The van der Waals surface area contributed by atoms with Crippen molar-refractivity contribution in [1.82, 2.24) is 20.1 Å². The second-order valence-corrected chi connectivity index (χ2v) is 8.47. The van der Waals surface area contributed by atoms with Gasteiger partial charge in [0.1, 0.15) is 0 Å². The molecule has 1 amide bonds. The molecule has 3 aromatic rings. The van der Waals surface area contributed by atoms with Gasteiger partial charge < -0.3 is 14.1 Å². The Hall–Kier alpha value is -3.06. The normalized spacial score (nSPS) is 20.3. The lowest BCUT2D eigenvalue weighted by Crippen LogP contribution is -2.37. The maximum Gasteiger partial charge on any atom is 0.247 e. The number of aromatic nitrogens is 3. The lowest BCUT2D eigenvalue weighted by atomic mass is 9.72. The molecular weight excluding hydrogens is 392 g/mol. The Morgan fingerprint density at radius 1 is 1.06 bits per heavy atom. The molecule has 2 fully saturated rings. The molecule has 0 N–H and O–H groups in total. The van der Waals surface area contributed by atoms with Crippen LogP contribution >= 0.6 is 0 Å². The molecule has 2 aliphatic rings. The average Bonchev–Trinajstić information content (AvgIpc) is 3.45. The zero-order valence-corrected chi connectivity index (χ0v) is 17.4.